The van der Waals surface area contributed by atoms with Gasteiger partial charge in [0.1, 0.15) is 5.69 Å². The molecule has 3 nitrogen and oxygen atoms in total. The molecule has 0 saturated heterocycles. The Balaban J connectivity index is 2.52. The van der Waals surface area contributed by atoms with Crippen LogP contribution in [0, 0.1) is 0 Å². The number of nitrogens with one attached hydrogen (secondary N) is 2. The molecule has 1 aromatic carbocycles. The van der Waals surface area contributed by atoms with Crippen molar-refractivity contribution in [2.24, 2.45) is 0 Å². The highest BCUT2D eigenvalue weighted by Gasteiger charge is 2.40. The van der Waals surface area contributed by atoms with Crippen molar-refractivity contribution in [3.63, 3.8) is 0 Å². The Morgan fingerprint density at radius 2 is 2.07 bits per heavy atom. The summed E-state index contributed by atoms with van der Waals surface area (Å²) >= 11 is 0. The van der Waals surface area contributed by atoms with E-state index in [4.69, 9.17) is 0 Å². The summed E-state index contributed by atoms with van der Waals surface area (Å²) in [6.07, 6.45) is 0. The van der Waals surface area contributed by atoms with Gasteiger partial charge >= 0.3 is 12.9 Å². The molecule has 0 amide bonds. The van der Waals surface area contributed by atoms with Crippen molar-refractivity contribution in [1.82, 2.24) is 0 Å². The van der Waals surface area contributed by atoms with Gasteiger partial charge in [-0.05, 0) is 6.07 Å². The Morgan fingerprint density at radius 3 is 2.79 bits per heavy atom. The summed E-state index contributed by atoms with van der Waals surface area (Å²) in [7, 11) is 1.52. The molecule has 6 heteroatoms. The van der Waals surface area contributed by atoms with Gasteiger partial charge in [-0.2, -0.15) is 0 Å². The summed E-state index contributed by atoms with van der Waals surface area (Å²) in [4.78, 5) is 2.52. The maximum Gasteiger partial charge on any atom is 0.542 e. The van der Waals surface area contributed by atoms with E-state index < -0.39 is 6.90 Å². The monoisotopic (exact) mass is 198 g/mol. The molecule has 0 fully saturated rings. The van der Waals surface area contributed by atoms with Gasteiger partial charge in [-0.1, -0.05) is 23.7 Å². The summed E-state index contributed by atoms with van der Waals surface area (Å²) in [6, 6.07) is 6.17. The zero-order valence-corrected chi connectivity index (χ0v) is 7.55. The number of halogens is 2. The van der Waals surface area contributed by atoms with Crippen molar-refractivity contribution < 1.29 is 18.3 Å². The molecule has 0 aliphatic carbocycles. The van der Waals surface area contributed by atoms with E-state index in [1.807, 2.05) is 0 Å². The minimum atomic E-state index is -3.94. The van der Waals surface area contributed by atoms with Crippen molar-refractivity contribution in [3.8, 4) is 0 Å². The highest BCUT2D eigenvalue weighted by molar-refractivity contribution is 6.78. The average Bonchev–Trinajstić information content (AvgIpc) is 2.17. The van der Waals surface area contributed by atoms with Crippen LogP contribution in [0.3, 0.4) is 0 Å². The van der Waals surface area contributed by atoms with E-state index in [-0.39, 0.29) is 11.5 Å². The van der Waals surface area contributed by atoms with Crippen LogP contribution >= 0.6 is 0 Å². The lowest BCUT2D eigenvalue weighted by atomic mass is 9.74. The van der Waals surface area contributed by atoms with Crippen LogP contribution in [-0.2, 0) is 4.65 Å². The van der Waals surface area contributed by atoms with E-state index in [1.165, 1.54) is 13.1 Å². The summed E-state index contributed by atoms with van der Waals surface area (Å²) in [5.41, 5.74) is 0.291. The third-order valence-corrected chi connectivity index (χ3v) is 2.06. The van der Waals surface area contributed by atoms with Gasteiger partial charge in [0.15, 0.2) is 0 Å². The van der Waals surface area contributed by atoms with Gasteiger partial charge in [0, 0.05) is 0 Å². The number of amidine groups is 1. The molecular formula is C8H9BF2N2O. The summed E-state index contributed by atoms with van der Waals surface area (Å²) in [6.45, 7) is -3.94. The molecule has 1 aliphatic heterocycles. The first-order valence-electron chi connectivity index (χ1n) is 4.24. The molecule has 2 N–H and O–H groups in total. The molecule has 0 bridgehead atoms. The molecule has 1 heterocycles. The van der Waals surface area contributed by atoms with Crippen LogP contribution < -0.4 is 15.8 Å². The predicted molar refractivity (Wildman–Crippen MR) is 50.6 cm³/mol. The van der Waals surface area contributed by atoms with E-state index in [2.05, 4.69) is 15.0 Å². The van der Waals surface area contributed by atoms with Gasteiger partial charge < -0.3 is 13.3 Å². The molecule has 0 spiro atoms. The minimum Gasteiger partial charge on any atom is -0.598 e. The summed E-state index contributed by atoms with van der Waals surface area (Å²) < 4.78 is 31.2. The third-order valence-electron chi connectivity index (χ3n) is 2.06. The number of fused-ring (bicyclic) bond motifs is 1. The molecule has 14 heavy (non-hydrogen) atoms. The van der Waals surface area contributed by atoms with Crippen LogP contribution in [0.1, 0.15) is 0 Å². The number of para-hydroxylation sites is 1. The van der Waals surface area contributed by atoms with Crippen molar-refractivity contribution in [2.75, 3.05) is 12.4 Å². The smallest absolute Gasteiger partial charge is 0.542 e. The van der Waals surface area contributed by atoms with E-state index in [1.54, 1.807) is 18.2 Å². The van der Waals surface area contributed by atoms with Gasteiger partial charge in [-0.3, -0.25) is 0 Å². The van der Waals surface area contributed by atoms with Gasteiger partial charge in [-0.15, -0.1) is 0 Å². The Hall–Kier alpha value is -1.59. The largest absolute Gasteiger partial charge is 0.598 e. The molecule has 0 saturated carbocycles. The van der Waals surface area contributed by atoms with Crippen LogP contribution in [0.5, 0.6) is 0 Å². The number of hydrogen-bond donors (Lipinski definition) is 2. The first kappa shape index (κ1) is 8.99. The van der Waals surface area contributed by atoms with E-state index in [0.717, 1.165) is 0 Å². The minimum absolute atomic E-state index is 0.0197. The normalized spacial score (nSPS) is 20.9. The third kappa shape index (κ3) is 1.32. The quantitative estimate of drug-likeness (QED) is 0.539. The molecule has 1 aromatic rings. The lowest BCUT2D eigenvalue weighted by Crippen LogP contribution is -2.74. The summed E-state index contributed by atoms with van der Waals surface area (Å²) in [5.74, 6) is 0. The predicted octanol–water partition coefficient (Wildman–Crippen LogP) is -0.720. The first-order chi connectivity index (χ1) is 6.63. The zero-order valence-electron chi connectivity index (χ0n) is 7.55. The molecule has 74 valence electrons. The number of anilines is 1. The molecule has 2 rings (SSSR count). The fraction of sp³-hybridized carbons (Fsp3) is 0.125. The van der Waals surface area contributed by atoms with Gasteiger partial charge in [0.25, 0.3) is 0 Å². The van der Waals surface area contributed by atoms with Crippen LogP contribution in [0.15, 0.2) is 24.3 Å². The van der Waals surface area contributed by atoms with Crippen molar-refractivity contribution in [3.05, 3.63) is 24.3 Å². The van der Waals surface area contributed by atoms with Crippen LogP contribution in [0.4, 0.5) is 14.3 Å². The Labute approximate surface area is 79.8 Å². The second kappa shape index (κ2) is 2.97. The number of benzene rings is 1. The average molecular weight is 198 g/mol. The number of hydrogen-bond acceptors (Lipinski definition) is 1. The second-order valence-electron chi connectivity index (χ2n) is 3.01. The second-order valence-corrected chi connectivity index (χ2v) is 3.01. The van der Waals surface area contributed by atoms with Crippen LogP contribution in [-0.4, -0.2) is 20.0 Å². The molecule has 0 radical (unpaired) electrons. The van der Waals surface area contributed by atoms with Crippen molar-refractivity contribution >= 4 is 24.1 Å². The fourth-order valence-electron chi connectivity index (χ4n) is 1.39. The highest BCUT2D eigenvalue weighted by atomic mass is 19.3. The Morgan fingerprint density at radius 1 is 1.36 bits per heavy atom. The van der Waals surface area contributed by atoms with Gasteiger partial charge in [0.2, 0.25) is 0 Å². The first-order valence-corrected chi connectivity index (χ1v) is 4.24. The fourth-order valence-corrected chi connectivity index (χ4v) is 1.39. The topological polar surface area (TPSA) is 35.2 Å². The lowest BCUT2D eigenvalue weighted by Gasteiger charge is -2.30. The van der Waals surface area contributed by atoms with E-state index >= 15 is 0 Å². The van der Waals surface area contributed by atoms with Crippen LogP contribution in [0.2, 0.25) is 0 Å². The molecule has 0 unspecified atom stereocenters. The standard InChI is InChI=1S/C8H8BF2N2O/c1-12-8-13-7-5-3-2-4-6(7)9(10,11)14-8/h2-5H,1H3,(H,12,13)/q-1/p+1. The van der Waals surface area contributed by atoms with Gasteiger partial charge in [-0.25, -0.2) is 10.3 Å². The maximum atomic E-state index is 13.4. The number of rotatable bonds is 0. The van der Waals surface area contributed by atoms with Crippen molar-refractivity contribution in [1.29, 1.82) is 0 Å². The molecular weight excluding hydrogens is 189 g/mol. The zero-order chi connectivity index (χ0) is 10.2. The SMILES string of the molecule is C[NH+]=C1Nc2ccccc2[B-](F)(F)O1. The summed E-state index contributed by atoms with van der Waals surface area (Å²) in [5, 5.41) is 2.72. The van der Waals surface area contributed by atoms with E-state index in [0.29, 0.717) is 5.69 Å². The van der Waals surface area contributed by atoms with Gasteiger partial charge in [0.05, 0.1) is 7.05 Å². The highest BCUT2D eigenvalue weighted by Crippen LogP contribution is 2.19. The maximum absolute atomic E-state index is 13.4. The molecule has 0 atom stereocenters. The van der Waals surface area contributed by atoms with E-state index in [9.17, 15) is 8.63 Å². The molecule has 1 aliphatic rings. The molecule has 0 aromatic heterocycles. The van der Waals surface area contributed by atoms with Crippen molar-refractivity contribution in [2.45, 2.75) is 0 Å². The lowest BCUT2D eigenvalue weighted by molar-refractivity contribution is -0.429. The van der Waals surface area contributed by atoms with Crippen LogP contribution in [0.25, 0.3) is 0 Å². The Bertz CT molecular complexity index is 395. The Kier molecular flexibility index (Phi) is 1.91.